The Morgan fingerprint density at radius 1 is 1.36 bits per heavy atom. The fraction of sp³-hybridized carbons (Fsp3) is 0.500. The monoisotopic (exact) mass is 424 g/mol. The van der Waals surface area contributed by atoms with E-state index < -0.39 is 0 Å². The Balaban J connectivity index is 1.47. The Morgan fingerprint density at radius 2 is 2.20 bits per heavy atom. The molecule has 0 atom stereocenters. The first kappa shape index (κ1) is 18.3. The van der Waals surface area contributed by atoms with Gasteiger partial charge in [-0.25, -0.2) is 0 Å². The molecule has 1 fully saturated rings. The largest absolute Gasteiger partial charge is 0.454 e. The van der Waals surface area contributed by atoms with Crippen LogP contribution in [-0.4, -0.2) is 38.2 Å². The van der Waals surface area contributed by atoms with Crippen molar-refractivity contribution in [2.45, 2.75) is 32.2 Å². The normalized spacial score (nSPS) is 16.2. The van der Waals surface area contributed by atoms with Gasteiger partial charge in [0.25, 0.3) is 0 Å². The molecule has 0 unspecified atom stereocenters. The third-order valence-corrected chi connectivity index (χ3v) is 5.61. The first-order chi connectivity index (χ1) is 12.2. The van der Waals surface area contributed by atoms with Crippen molar-refractivity contribution in [2.24, 2.45) is 4.99 Å². The SMILES string of the molecule is CCNC(=NCCc1ccc(Br)o1)NC1CCN(c2cccs2)CC1. The predicted molar refractivity (Wildman–Crippen MR) is 109 cm³/mol. The maximum atomic E-state index is 5.52. The van der Waals surface area contributed by atoms with Crippen LogP contribution in [0, 0.1) is 0 Å². The molecule has 2 N–H and O–H groups in total. The van der Waals surface area contributed by atoms with Gasteiger partial charge in [-0.1, -0.05) is 0 Å². The van der Waals surface area contributed by atoms with Gasteiger partial charge < -0.3 is 20.0 Å². The zero-order chi connectivity index (χ0) is 17.5. The van der Waals surface area contributed by atoms with E-state index in [0.717, 1.165) is 55.3 Å². The molecule has 0 bridgehead atoms. The lowest BCUT2D eigenvalue weighted by Crippen LogP contribution is -2.48. The van der Waals surface area contributed by atoms with Crippen molar-refractivity contribution in [2.75, 3.05) is 31.1 Å². The fourth-order valence-electron chi connectivity index (χ4n) is 2.97. The highest BCUT2D eigenvalue weighted by Crippen LogP contribution is 2.24. The van der Waals surface area contributed by atoms with E-state index in [1.54, 1.807) is 0 Å². The van der Waals surface area contributed by atoms with Crippen LogP contribution in [0.1, 0.15) is 25.5 Å². The molecule has 0 amide bonds. The van der Waals surface area contributed by atoms with Gasteiger partial charge in [0.05, 0.1) is 5.00 Å². The van der Waals surface area contributed by atoms with Gasteiger partial charge in [-0.15, -0.1) is 11.3 Å². The number of guanidine groups is 1. The van der Waals surface area contributed by atoms with Crippen LogP contribution in [0.2, 0.25) is 0 Å². The second-order valence-electron chi connectivity index (χ2n) is 6.07. The molecule has 0 aliphatic carbocycles. The zero-order valence-corrected chi connectivity index (χ0v) is 16.9. The number of nitrogens with zero attached hydrogens (tertiary/aromatic N) is 2. The van der Waals surface area contributed by atoms with Gasteiger partial charge in [-0.2, -0.15) is 0 Å². The number of thiophene rings is 1. The van der Waals surface area contributed by atoms with E-state index in [0.29, 0.717) is 12.6 Å². The second kappa shape index (κ2) is 9.29. The summed E-state index contributed by atoms with van der Waals surface area (Å²) in [5.41, 5.74) is 0. The lowest BCUT2D eigenvalue weighted by Gasteiger charge is -2.33. The van der Waals surface area contributed by atoms with Crippen molar-refractivity contribution in [3.8, 4) is 0 Å². The molecular formula is C18H25BrN4OS. The van der Waals surface area contributed by atoms with Gasteiger partial charge in [0.1, 0.15) is 5.76 Å². The first-order valence-corrected chi connectivity index (χ1v) is 10.5. The lowest BCUT2D eigenvalue weighted by molar-refractivity contribution is 0.462. The van der Waals surface area contributed by atoms with E-state index in [2.05, 4.69) is 60.9 Å². The highest BCUT2D eigenvalue weighted by atomic mass is 79.9. The van der Waals surface area contributed by atoms with E-state index in [4.69, 9.17) is 4.42 Å². The number of hydrogen-bond donors (Lipinski definition) is 2. The van der Waals surface area contributed by atoms with Crippen molar-refractivity contribution in [1.82, 2.24) is 10.6 Å². The molecule has 25 heavy (non-hydrogen) atoms. The fourth-order valence-corrected chi connectivity index (χ4v) is 4.10. The van der Waals surface area contributed by atoms with Crippen LogP contribution in [-0.2, 0) is 6.42 Å². The summed E-state index contributed by atoms with van der Waals surface area (Å²) in [6.45, 7) is 5.87. The van der Waals surface area contributed by atoms with Crippen LogP contribution in [0.5, 0.6) is 0 Å². The molecule has 0 spiro atoms. The molecule has 1 saturated heterocycles. The lowest BCUT2D eigenvalue weighted by atomic mass is 10.1. The topological polar surface area (TPSA) is 52.8 Å². The van der Waals surface area contributed by atoms with Crippen LogP contribution >= 0.6 is 27.3 Å². The summed E-state index contributed by atoms with van der Waals surface area (Å²) in [4.78, 5) is 7.16. The summed E-state index contributed by atoms with van der Waals surface area (Å²) in [5, 5.41) is 10.5. The van der Waals surface area contributed by atoms with E-state index >= 15 is 0 Å². The van der Waals surface area contributed by atoms with Crippen molar-refractivity contribution in [1.29, 1.82) is 0 Å². The molecule has 0 radical (unpaired) electrons. The van der Waals surface area contributed by atoms with Gasteiger partial charge in [0.15, 0.2) is 10.6 Å². The van der Waals surface area contributed by atoms with Crippen LogP contribution in [0.4, 0.5) is 5.00 Å². The number of aliphatic imine (C=N–C) groups is 1. The molecule has 3 heterocycles. The maximum Gasteiger partial charge on any atom is 0.191 e. The third-order valence-electron chi connectivity index (χ3n) is 4.25. The van der Waals surface area contributed by atoms with E-state index in [1.807, 2.05) is 23.5 Å². The second-order valence-corrected chi connectivity index (χ2v) is 7.78. The highest BCUT2D eigenvalue weighted by molar-refractivity contribution is 9.10. The number of nitrogens with one attached hydrogen (secondary N) is 2. The van der Waals surface area contributed by atoms with Crippen LogP contribution in [0.25, 0.3) is 0 Å². The maximum absolute atomic E-state index is 5.52. The zero-order valence-electron chi connectivity index (χ0n) is 14.5. The average Bonchev–Trinajstić information content (AvgIpc) is 3.28. The summed E-state index contributed by atoms with van der Waals surface area (Å²) < 4.78 is 6.30. The molecule has 2 aromatic heterocycles. The number of furan rings is 1. The Morgan fingerprint density at radius 3 is 2.84 bits per heavy atom. The van der Waals surface area contributed by atoms with Crippen molar-refractivity contribution < 1.29 is 4.42 Å². The first-order valence-electron chi connectivity index (χ1n) is 8.82. The molecule has 2 aromatic rings. The minimum absolute atomic E-state index is 0.478. The predicted octanol–water partition coefficient (Wildman–Crippen LogP) is 3.87. The Bertz CT molecular complexity index is 662. The van der Waals surface area contributed by atoms with Gasteiger partial charge in [-0.3, -0.25) is 4.99 Å². The van der Waals surface area contributed by atoms with Gasteiger partial charge in [0.2, 0.25) is 0 Å². The summed E-state index contributed by atoms with van der Waals surface area (Å²) in [7, 11) is 0. The van der Waals surface area contributed by atoms with Gasteiger partial charge in [-0.05, 0) is 65.3 Å². The van der Waals surface area contributed by atoms with Gasteiger partial charge in [0, 0.05) is 38.6 Å². The van der Waals surface area contributed by atoms with Crippen LogP contribution in [0.15, 0.2) is 43.7 Å². The molecule has 1 aliphatic heterocycles. The summed E-state index contributed by atoms with van der Waals surface area (Å²) in [5.74, 6) is 1.86. The summed E-state index contributed by atoms with van der Waals surface area (Å²) in [6, 6.07) is 8.71. The van der Waals surface area contributed by atoms with Crippen molar-refractivity contribution in [3.05, 3.63) is 40.1 Å². The molecule has 0 saturated carbocycles. The molecule has 3 rings (SSSR count). The van der Waals surface area contributed by atoms with E-state index in [1.165, 1.54) is 5.00 Å². The van der Waals surface area contributed by atoms with E-state index in [-0.39, 0.29) is 0 Å². The third kappa shape index (κ3) is 5.51. The number of anilines is 1. The van der Waals surface area contributed by atoms with Crippen molar-refractivity contribution >= 4 is 38.2 Å². The van der Waals surface area contributed by atoms with Crippen molar-refractivity contribution in [3.63, 3.8) is 0 Å². The smallest absolute Gasteiger partial charge is 0.191 e. The summed E-state index contributed by atoms with van der Waals surface area (Å²) in [6.07, 6.45) is 3.07. The average molecular weight is 425 g/mol. The van der Waals surface area contributed by atoms with Crippen LogP contribution in [0.3, 0.4) is 0 Å². The molecule has 7 heteroatoms. The minimum atomic E-state index is 0.478. The minimum Gasteiger partial charge on any atom is -0.454 e. The highest BCUT2D eigenvalue weighted by Gasteiger charge is 2.20. The Labute approximate surface area is 161 Å². The van der Waals surface area contributed by atoms with Crippen LogP contribution < -0.4 is 15.5 Å². The quantitative estimate of drug-likeness (QED) is 0.545. The number of halogens is 1. The van der Waals surface area contributed by atoms with Gasteiger partial charge >= 0.3 is 0 Å². The number of piperidine rings is 1. The Hall–Kier alpha value is -1.47. The molecule has 1 aliphatic rings. The molecular weight excluding hydrogens is 400 g/mol. The van der Waals surface area contributed by atoms with E-state index in [9.17, 15) is 0 Å². The number of rotatable bonds is 6. The summed E-state index contributed by atoms with van der Waals surface area (Å²) >= 11 is 5.15. The standard InChI is InChI=1S/C18H25BrN4OS/c1-2-20-18(21-10-7-15-5-6-16(19)24-15)22-14-8-11-23(12-9-14)17-4-3-13-25-17/h3-6,13-14H,2,7-12H2,1H3,(H2,20,21,22). The molecule has 136 valence electrons. The molecule has 0 aromatic carbocycles. The number of hydrogen-bond acceptors (Lipinski definition) is 4. The Kier molecular flexibility index (Phi) is 6.81. The molecule has 5 nitrogen and oxygen atoms in total.